The number of carbonyl (C=O) groups is 1. The molecule has 43 heavy (non-hydrogen) atoms. The Morgan fingerprint density at radius 1 is 0.953 bits per heavy atom. The van der Waals surface area contributed by atoms with Gasteiger partial charge < -0.3 is 15.0 Å². The molecule has 0 spiro atoms. The van der Waals surface area contributed by atoms with Gasteiger partial charge in [0, 0.05) is 24.2 Å². The Morgan fingerprint density at radius 3 is 2.37 bits per heavy atom. The molecular formula is C33H37N5O4S. The molecule has 224 valence electrons. The molecule has 0 radical (unpaired) electrons. The lowest BCUT2D eigenvalue weighted by molar-refractivity contribution is -0.114. The van der Waals surface area contributed by atoms with Crippen LogP contribution in [-0.4, -0.2) is 49.3 Å². The smallest absolute Gasteiger partial charge is 0.264 e. The molecule has 2 N–H and O–H groups in total. The van der Waals surface area contributed by atoms with E-state index in [1.807, 2.05) is 36.4 Å². The second kappa shape index (κ2) is 12.9. The molecule has 4 aromatic rings. The summed E-state index contributed by atoms with van der Waals surface area (Å²) >= 11 is 0. The number of carbonyl (C=O) groups excluding carboxylic acids is 1. The van der Waals surface area contributed by atoms with Gasteiger partial charge in [-0.05, 0) is 86.3 Å². The van der Waals surface area contributed by atoms with Gasteiger partial charge in [-0.2, -0.15) is 4.98 Å². The molecule has 5 rings (SSSR count). The molecule has 0 aliphatic carbocycles. The molecule has 9 nitrogen and oxygen atoms in total. The van der Waals surface area contributed by atoms with E-state index < -0.39 is 10.0 Å². The number of benzene rings is 3. The minimum atomic E-state index is -4.09. The summed E-state index contributed by atoms with van der Waals surface area (Å²) in [5.74, 6) is 1.10. The zero-order valence-corrected chi connectivity index (χ0v) is 25.7. The van der Waals surface area contributed by atoms with Crippen molar-refractivity contribution in [2.45, 2.75) is 50.3 Å². The molecule has 0 unspecified atom stereocenters. The van der Waals surface area contributed by atoms with Crippen molar-refractivity contribution in [3.05, 3.63) is 90.0 Å². The van der Waals surface area contributed by atoms with Crippen LogP contribution in [0.2, 0.25) is 0 Å². The third kappa shape index (κ3) is 7.57. The highest BCUT2D eigenvalue weighted by atomic mass is 32.2. The van der Waals surface area contributed by atoms with Gasteiger partial charge in [-0.15, -0.1) is 0 Å². The molecule has 1 aliphatic rings. The van der Waals surface area contributed by atoms with Gasteiger partial charge in [-0.3, -0.25) is 4.79 Å². The van der Waals surface area contributed by atoms with E-state index in [1.54, 1.807) is 18.2 Å². The van der Waals surface area contributed by atoms with Crippen LogP contribution in [0.25, 0.3) is 11.3 Å². The predicted molar refractivity (Wildman–Crippen MR) is 169 cm³/mol. The summed E-state index contributed by atoms with van der Waals surface area (Å²) in [6.45, 7) is 7.71. The molecule has 1 aromatic heterocycles. The monoisotopic (exact) mass is 599 g/mol. The van der Waals surface area contributed by atoms with Crippen molar-refractivity contribution in [1.29, 1.82) is 0 Å². The molecule has 10 heteroatoms. The Labute approximate surface area is 253 Å². The first-order valence-electron chi connectivity index (χ1n) is 14.4. The maximum Gasteiger partial charge on any atom is 0.264 e. The van der Waals surface area contributed by atoms with Crippen LogP contribution in [0.15, 0.2) is 83.8 Å². The summed E-state index contributed by atoms with van der Waals surface area (Å²) in [5, 5.41) is 2.61. The van der Waals surface area contributed by atoms with E-state index >= 15 is 0 Å². The normalized spacial score (nSPS) is 14.4. The number of hydrogen-bond acceptors (Lipinski definition) is 7. The third-order valence-electron chi connectivity index (χ3n) is 7.54. The number of nitrogens with zero attached hydrogens (tertiary/aromatic N) is 3. The SMILES string of the molecule is CC(=O)Nc1cccc(S(=O)(=O)Nc2nc(Oc3ccc(C4CCN(C)CC4)cc3)cc(-c3ccccc3C(C)C)n2)c1. The molecule has 0 saturated carbocycles. The fourth-order valence-corrected chi connectivity index (χ4v) is 6.28. The minimum Gasteiger partial charge on any atom is -0.439 e. The number of sulfonamides is 1. The largest absolute Gasteiger partial charge is 0.439 e. The molecule has 1 amide bonds. The van der Waals surface area contributed by atoms with Crippen LogP contribution in [0, 0.1) is 0 Å². The Morgan fingerprint density at radius 2 is 1.67 bits per heavy atom. The van der Waals surface area contributed by atoms with E-state index in [-0.39, 0.29) is 28.5 Å². The van der Waals surface area contributed by atoms with Gasteiger partial charge in [0.25, 0.3) is 10.0 Å². The first-order chi connectivity index (χ1) is 20.6. The molecule has 1 aliphatic heterocycles. The highest BCUT2D eigenvalue weighted by Gasteiger charge is 2.21. The van der Waals surface area contributed by atoms with Crippen molar-refractivity contribution in [3.63, 3.8) is 0 Å². The van der Waals surface area contributed by atoms with Crippen LogP contribution in [0.1, 0.15) is 56.6 Å². The number of nitrogens with one attached hydrogen (secondary N) is 2. The highest BCUT2D eigenvalue weighted by molar-refractivity contribution is 7.92. The van der Waals surface area contributed by atoms with Crippen molar-refractivity contribution < 1.29 is 17.9 Å². The van der Waals surface area contributed by atoms with Crippen LogP contribution in [-0.2, 0) is 14.8 Å². The Kier molecular flexibility index (Phi) is 9.08. The molecule has 1 fully saturated rings. The number of likely N-dealkylation sites (tertiary alicyclic amines) is 1. The van der Waals surface area contributed by atoms with Crippen molar-refractivity contribution in [1.82, 2.24) is 14.9 Å². The first-order valence-corrected chi connectivity index (χ1v) is 15.9. The number of hydrogen-bond donors (Lipinski definition) is 2. The summed E-state index contributed by atoms with van der Waals surface area (Å²) in [4.78, 5) is 22.8. The topological polar surface area (TPSA) is 114 Å². The van der Waals surface area contributed by atoms with Crippen molar-refractivity contribution in [3.8, 4) is 22.9 Å². The summed E-state index contributed by atoms with van der Waals surface area (Å²) < 4.78 is 35.5. The first kappa shape index (κ1) is 30.2. The highest BCUT2D eigenvalue weighted by Crippen LogP contribution is 2.33. The number of aromatic nitrogens is 2. The van der Waals surface area contributed by atoms with Gasteiger partial charge in [-0.1, -0.05) is 56.3 Å². The molecule has 1 saturated heterocycles. The van der Waals surface area contributed by atoms with Gasteiger partial charge in [0.15, 0.2) is 0 Å². The molecule has 0 bridgehead atoms. The van der Waals surface area contributed by atoms with E-state index in [1.165, 1.54) is 24.6 Å². The van der Waals surface area contributed by atoms with Crippen molar-refractivity contribution in [2.24, 2.45) is 0 Å². The van der Waals surface area contributed by atoms with E-state index in [4.69, 9.17) is 4.74 Å². The van der Waals surface area contributed by atoms with E-state index in [0.29, 0.717) is 23.0 Å². The van der Waals surface area contributed by atoms with Gasteiger partial charge in [0.1, 0.15) is 5.75 Å². The summed E-state index contributed by atoms with van der Waals surface area (Å²) in [7, 11) is -1.94. The summed E-state index contributed by atoms with van der Waals surface area (Å²) in [5.41, 5.74) is 4.09. The van der Waals surface area contributed by atoms with Crippen LogP contribution < -0.4 is 14.8 Å². The van der Waals surface area contributed by atoms with E-state index in [0.717, 1.165) is 37.1 Å². The number of anilines is 2. The standard InChI is InChI=1S/C33H37N5O4S/c1-22(2)29-10-5-6-11-30(29)31-21-32(42-27-14-12-24(13-15-27)25-16-18-38(4)19-17-25)36-33(35-31)37-43(40,41)28-9-7-8-26(20-28)34-23(3)39/h5-15,20-22,25H,16-19H2,1-4H3,(H,34,39)(H,35,36,37). The maximum atomic E-state index is 13.4. The van der Waals surface area contributed by atoms with Gasteiger partial charge >= 0.3 is 0 Å². The second-order valence-electron chi connectivity index (χ2n) is 11.2. The number of piperidine rings is 1. The lowest BCUT2D eigenvalue weighted by atomic mass is 9.90. The fraction of sp³-hybridized carbons (Fsp3) is 0.303. The number of amides is 1. The maximum absolute atomic E-state index is 13.4. The average Bonchev–Trinajstić information content (AvgIpc) is 2.97. The zero-order valence-electron chi connectivity index (χ0n) is 24.9. The fourth-order valence-electron chi connectivity index (χ4n) is 5.29. The van der Waals surface area contributed by atoms with Crippen molar-refractivity contribution >= 4 is 27.6 Å². The quantitative estimate of drug-likeness (QED) is 0.222. The Hall–Kier alpha value is -4.28. The third-order valence-corrected chi connectivity index (χ3v) is 8.87. The molecule has 2 heterocycles. The lowest BCUT2D eigenvalue weighted by Crippen LogP contribution is -2.29. The van der Waals surface area contributed by atoms with Crippen LogP contribution in [0.5, 0.6) is 11.6 Å². The lowest BCUT2D eigenvalue weighted by Gasteiger charge is -2.29. The van der Waals surface area contributed by atoms with E-state index in [2.05, 4.69) is 57.9 Å². The van der Waals surface area contributed by atoms with Gasteiger partial charge in [0.05, 0.1) is 10.6 Å². The predicted octanol–water partition coefficient (Wildman–Crippen LogP) is 6.63. The van der Waals surface area contributed by atoms with Gasteiger partial charge in [0.2, 0.25) is 17.7 Å². The molecule has 3 aromatic carbocycles. The summed E-state index contributed by atoms with van der Waals surface area (Å²) in [6.07, 6.45) is 2.25. The number of ether oxygens (including phenoxy) is 1. The minimum absolute atomic E-state index is 0.0395. The average molecular weight is 600 g/mol. The Bertz CT molecular complexity index is 1700. The molecular weight excluding hydrogens is 562 g/mol. The Balaban J connectivity index is 1.47. The van der Waals surface area contributed by atoms with Gasteiger partial charge in [-0.25, -0.2) is 18.1 Å². The summed E-state index contributed by atoms with van der Waals surface area (Å²) in [6, 6.07) is 23.6. The van der Waals surface area contributed by atoms with E-state index in [9.17, 15) is 13.2 Å². The second-order valence-corrected chi connectivity index (χ2v) is 12.9. The van der Waals surface area contributed by atoms with Crippen molar-refractivity contribution in [2.75, 3.05) is 30.2 Å². The molecule has 0 atom stereocenters. The zero-order chi connectivity index (χ0) is 30.6. The number of rotatable bonds is 9. The van der Waals surface area contributed by atoms with Crippen LogP contribution in [0.3, 0.4) is 0 Å². The van der Waals surface area contributed by atoms with Crippen LogP contribution in [0.4, 0.5) is 11.6 Å². The van der Waals surface area contributed by atoms with Crippen LogP contribution >= 0.6 is 0 Å².